The lowest BCUT2D eigenvalue weighted by Gasteiger charge is -2.12. The standard InChI is InChI=1S/C32H32N2O2/c35-31(34-24-27-12-5-2-6-13-27)19-18-28-15-7-8-17-30(28)29-16-9-14-26(22-29)20-21-33-32(36)23-25-10-3-1-4-11-25/h1-17,22H,18-21,23-24H2,(H,33,36)(H,34,35). The minimum atomic E-state index is 0.0354. The molecule has 4 aromatic rings. The number of aryl methyl sites for hydroxylation is 1. The highest BCUT2D eigenvalue weighted by molar-refractivity contribution is 5.78. The summed E-state index contributed by atoms with van der Waals surface area (Å²) in [7, 11) is 0. The van der Waals surface area contributed by atoms with Crippen molar-refractivity contribution < 1.29 is 9.59 Å². The summed E-state index contributed by atoms with van der Waals surface area (Å²) in [5.74, 6) is 0.0851. The van der Waals surface area contributed by atoms with E-state index in [1.807, 2.05) is 72.8 Å². The van der Waals surface area contributed by atoms with E-state index in [0.29, 0.717) is 32.4 Å². The lowest BCUT2D eigenvalue weighted by molar-refractivity contribution is -0.121. The predicted molar refractivity (Wildman–Crippen MR) is 145 cm³/mol. The second kappa shape index (κ2) is 13.1. The summed E-state index contributed by atoms with van der Waals surface area (Å²) in [5, 5.41) is 6.03. The van der Waals surface area contributed by atoms with Gasteiger partial charge in [-0.2, -0.15) is 0 Å². The van der Waals surface area contributed by atoms with Crippen LogP contribution in [0.1, 0.15) is 28.7 Å². The second-order valence-corrected chi connectivity index (χ2v) is 8.88. The highest BCUT2D eigenvalue weighted by atomic mass is 16.2. The van der Waals surface area contributed by atoms with Gasteiger partial charge in [-0.1, -0.05) is 109 Å². The van der Waals surface area contributed by atoms with E-state index in [0.717, 1.165) is 34.2 Å². The van der Waals surface area contributed by atoms with Gasteiger partial charge in [-0.15, -0.1) is 0 Å². The van der Waals surface area contributed by atoms with E-state index in [2.05, 4.69) is 47.0 Å². The topological polar surface area (TPSA) is 58.2 Å². The Morgan fingerprint density at radius 2 is 1.25 bits per heavy atom. The number of hydrogen-bond acceptors (Lipinski definition) is 2. The van der Waals surface area contributed by atoms with Crippen LogP contribution >= 0.6 is 0 Å². The molecule has 2 N–H and O–H groups in total. The Morgan fingerprint density at radius 3 is 2.03 bits per heavy atom. The number of hydrogen-bond donors (Lipinski definition) is 2. The van der Waals surface area contributed by atoms with Crippen LogP contribution in [0.5, 0.6) is 0 Å². The number of carbonyl (C=O) groups excluding carboxylic acids is 2. The third kappa shape index (κ3) is 7.67. The van der Waals surface area contributed by atoms with Gasteiger partial charge in [-0.25, -0.2) is 0 Å². The number of amides is 2. The Balaban J connectivity index is 1.31. The van der Waals surface area contributed by atoms with Gasteiger partial charge in [0.05, 0.1) is 6.42 Å². The van der Waals surface area contributed by atoms with Crippen molar-refractivity contribution in [1.29, 1.82) is 0 Å². The van der Waals surface area contributed by atoms with Crippen LogP contribution < -0.4 is 10.6 Å². The molecule has 0 aliphatic rings. The van der Waals surface area contributed by atoms with E-state index in [-0.39, 0.29) is 11.8 Å². The fourth-order valence-corrected chi connectivity index (χ4v) is 4.24. The van der Waals surface area contributed by atoms with Crippen LogP contribution in [0.3, 0.4) is 0 Å². The minimum absolute atomic E-state index is 0.0354. The van der Waals surface area contributed by atoms with Gasteiger partial charge < -0.3 is 10.6 Å². The average molecular weight is 477 g/mol. The summed E-state index contributed by atoms with van der Waals surface area (Å²) in [6.45, 7) is 1.14. The van der Waals surface area contributed by atoms with Crippen molar-refractivity contribution in [2.45, 2.75) is 32.2 Å². The SMILES string of the molecule is O=C(CCc1ccccc1-c1cccc(CCNC(=O)Cc2ccccc2)c1)NCc1ccccc1. The second-order valence-electron chi connectivity index (χ2n) is 8.88. The molecule has 4 nitrogen and oxygen atoms in total. The molecule has 0 radical (unpaired) electrons. The smallest absolute Gasteiger partial charge is 0.224 e. The lowest BCUT2D eigenvalue weighted by atomic mass is 9.95. The first-order valence-electron chi connectivity index (χ1n) is 12.5. The fourth-order valence-electron chi connectivity index (χ4n) is 4.24. The largest absolute Gasteiger partial charge is 0.355 e. The van der Waals surface area contributed by atoms with Crippen LogP contribution in [0.2, 0.25) is 0 Å². The Labute approximate surface area is 213 Å². The highest BCUT2D eigenvalue weighted by Gasteiger charge is 2.09. The molecule has 0 atom stereocenters. The molecule has 2 amide bonds. The van der Waals surface area contributed by atoms with Crippen LogP contribution in [-0.4, -0.2) is 18.4 Å². The Morgan fingerprint density at radius 1 is 0.583 bits per heavy atom. The van der Waals surface area contributed by atoms with Crippen molar-refractivity contribution in [3.8, 4) is 11.1 Å². The first-order valence-corrected chi connectivity index (χ1v) is 12.5. The third-order valence-electron chi connectivity index (χ3n) is 6.15. The van der Waals surface area contributed by atoms with E-state index >= 15 is 0 Å². The molecule has 0 saturated carbocycles. The van der Waals surface area contributed by atoms with E-state index in [9.17, 15) is 9.59 Å². The normalized spacial score (nSPS) is 10.6. The van der Waals surface area contributed by atoms with E-state index < -0.39 is 0 Å². The van der Waals surface area contributed by atoms with Gasteiger partial charge >= 0.3 is 0 Å². The van der Waals surface area contributed by atoms with Crippen LogP contribution in [0.25, 0.3) is 11.1 Å². The molecule has 0 unspecified atom stereocenters. The minimum Gasteiger partial charge on any atom is -0.355 e. The van der Waals surface area contributed by atoms with Crippen molar-refractivity contribution in [2.75, 3.05) is 6.54 Å². The first-order chi connectivity index (χ1) is 17.7. The van der Waals surface area contributed by atoms with Gasteiger partial charge in [0.15, 0.2) is 0 Å². The zero-order valence-corrected chi connectivity index (χ0v) is 20.5. The van der Waals surface area contributed by atoms with Crippen LogP contribution in [0.4, 0.5) is 0 Å². The summed E-state index contributed by atoms with van der Waals surface area (Å²) in [6.07, 6.45) is 2.28. The average Bonchev–Trinajstić information content (AvgIpc) is 2.92. The van der Waals surface area contributed by atoms with Crippen molar-refractivity contribution >= 4 is 11.8 Å². The lowest BCUT2D eigenvalue weighted by Crippen LogP contribution is -2.27. The Hall–Kier alpha value is -4.18. The van der Waals surface area contributed by atoms with Crippen LogP contribution in [0, 0.1) is 0 Å². The predicted octanol–water partition coefficient (Wildman–Crippen LogP) is 5.50. The molecule has 182 valence electrons. The molecule has 0 fully saturated rings. The molecule has 0 bridgehead atoms. The van der Waals surface area contributed by atoms with E-state index in [1.165, 1.54) is 5.56 Å². The number of carbonyl (C=O) groups is 2. The van der Waals surface area contributed by atoms with Gasteiger partial charge in [0.2, 0.25) is 11.8 Å². The molecule has 0 heterocycles. The maximum Gasteiger partial charge on any atom is 0.224 e. The summed E-state index contributed by atoms with van der Waals surface area (Å²) in [6, 6.07) is 36.4. The van der Waals surface area contributed by atoms with E-state index in [4.69, 9.17) is 0 Å². The number of rotatable bonds is 11. The molecule has 0 saturated heterocycles. The summed E-state index contributed by atoms with van der Waals surface area (Å²) in [5.41, 5.74) is 6.71. The molecule has 4 rings (SSSR count). The fraction of sp³-hybridized carbons (Fsp3) is 0.188. The summed E-state index contributed by atoms with van der Waals surface area (Å²) >= 11 is 0. The Bertz CT molecular complexity index is 1270. The molecular formula is C32H32N2O2. The summed E-state index contributed by atoms with van der Waals surface area (Å²) in [4.78, 5) is 24.7. The van der Waals surface area contributed by atoms with Gasteiger partial charge in [-0.05, 0) is 46.2 Å². The molecule has 0 aliphatic carbocycles. The van der Waals surface area contributed by atoms with Crippen LogP contribution in [-0.2, 0) is 35.4 Å². The molecular weight excluding hydrogens is 444 g/mol. The molecule has 4 aromatic carbocycles. The monoisotopic (exact) mass is 476 g/mol. The van der Waals surface area contributed by atoms with Gasteiger partial charge in [-0.3, -0.25) is 9.59 Å². The quantitative estimate of drug-likeness (QED) is 0.300. The highest BCUT2D eigenvalue weighted by Crippen LogP contribution is 2.25. The molecule has 36 heavy (non-hydrogen) atoms. The maximum atomic E-state index is 12.4. The first kappa shape index (κ1) is 24.9. The van der Waals surface area contributed by atoms with Crippen molar-refractivity contribution in [3.63, 3.8) is 0 Å². The molecule has 0 spiro atoms. The molecule has 4 heteroatoms. The number of nitrogens with one attached hydrogen (secondary N) is 2. The van der Waals surface area contributed by atoms with E-state index in [1.54, 1.807) is 0 Å². The zero-order valence-electron chi connectivity index (χ0n) is 20.5. The van der Waals surface area contributed by atoms with Gasteiger partial charge in [0.25, 0.3) is 0 Å². The van der Waals surface area contributed by atoms with Crippen LogP contribution in [0.15, 0.2) is 109 Å². The van der Waals surface area contributed by atoms with Gasteiger partial charge in [0.1, 0.15) is 0 Å². The zero-order chi connectivity index (χ0) is 25.0. The third-order valence-corrected chi connectivity index (χ3v) is 6.15. The van der Waals surface area contributed by atoms with Crippen molar-refractivity contribution in [1.82, 2.24) is 10.6 Å². The molecule has 0 aromatic heterocycles. The van der Waals surface area contributed by atoms with Crippen molar-refractivity contribution in [3.05, 3.63) is 131 Å². The number of benzene rings is 4. The molecule has 0 aliphatic heterocycles. The van der Waals surface area contributed by atoms with Crippen molar-refractivity contribution in [2.24, 2.45) is 0 Å². The Kier molecular flexibility index (Phi) is 9.04. The van der Waals surface area contributed by atoms with Gasteiger partial charge in [0, 0.05) is 19.5 Å². The summed E-state index contributed by atoms with van der Waals surface area (Å²) < 4.78 is 0. The maximum absolute atomic E-state index is 12.4.